The minimum Gasteiger partial charge on any atom is -0.256 e. The molecule has 1 nitrogen and oxygen atoms in total. The van der Waals surface area contributed by atoms with Crippen LogP contribution in [0.25, 0.3) is 17.2 Å². The van der Waals surface area contributed by atoms with E-state index in [1.807, 2.05) is 12.3 Å². The molecule has 0 fully saturated rings. The van der Waals surface area contributed by atoms with Crippen LogP contribution in [-0.2, 0) is 0 Å². The quantitative estimate of drug-likeness (QED) is 0.732. The molecule has 1 heterocycles. The van der Waals surface area contributed by atoms with E-state index in [9.17, 15) is 4.39 Å². The molecule has 0 aliphatic rings. The fraction of sp³-hybridized carbons (Fsp3) is 0.278. The van der Waals surface area contributed by atoms with E-state index in [2.05, 4.69) is 37.0 Å². The number of hydrogen-bond donors (Lipinski definition) is 0. The number of allylic oxidation sites excluding steroid dienone is 1. The summed E-state index contributed by atoms with van der Waals surface area (Å²) in [5.74, 6) is -0.169. The van der Waals surface area contributed by atoms with Crippen molar-refractivity contribution in [1.29, 1.82) is 0 Å². The number of hydrogen-bond acceptors (Lipinski definition) is 1. The Hall–Kier alpha value is -1.96. The zero-order valence-electron chi connectivity index (χ0n) is 12.3. The third-order valence-electron chi connectivity index (χ3n) is 3.34. The number of benzene rings is 1. The van der Waals surface area contributed by atoms with Crippen molar-refractivity contribution in [2.45, 2.75) is 33.6 Å². The fourth-order valence-electron chi connectivity index (χ4n) is 2.10. The molecule has 0 saturated heterocycles. The molecule has 0 bridgehead atoms. The highest BCUT2D eigenvalue weighted by molar-refractivity contribution is 5.66. The first kappa shape index (κ1) is 14.4. The molecule has 1 aromatic carbocycles. The molecule has 0 aliphatic carbocycles. The van der Waals surface area contributed by atoms with E-state index in [4.69, 9.17) is 0 Å². The molecule has 0 spiro atoms. The van der Waals surface area contributed by atoms with Gasteiger partial charge in [0.25, 0.3) is 0 Å². The van der Waals surface area contributed by atoms with E-state index >= 15 is 0 Å². The molecule has 104 valence electrons. The van der Waals surface area contributed by atoms with Crippen molar-refractivity contribution in [2.75, 3.05) is 0 Å². The van der Waals surface area contributed by atoms with Gasteiger partial charge in [-0.25, -0.2) is 4.39 Å². The predicted molar refractivity (Wildman–Crippen MR) is 83.0 cm³/mol. The van der Waals surface area contributed by atoms with Crippen LogP contribution in [0.1, 0.15) is 36.6 Å². The number of rotatable bonds is 4. The highest BCUT2D eigenvalue weighted by atomic mass is 19.1. The maximum absolute atomic E-state index is 13.3. The Balaban J connectivity index is 2.30. The Morgan fingerprint density at radius 1 is 1.10 bits per heavy atom. The molecule has 0 aliphatic heterocycles. The van der Waals surface area contributed by atoms with Gasteiger partial charge >= 0.3 is 0 Å². The van der Waals surface area contributed by atoms with Crippen molar-refractivity contribution in [3.05, 3.63) is 59.2 Å². The summed E-state index contributed by atoms with van der Waals surface area (Å²) in [4.78, 5) is 4.50. The van der Waals surface area contributed by atoms with E-state index in [0.29, 0.717) is 5.56 Å². The highest BCUT2D eigenvalue weighted by Crippen LogP contribution is 2.23. The van der Waals surface area contributed by atoms with Crippen molar-refractivity contribution in [2.24, 2.45) is 0 Å². The van der Waals surface area contributed by atoms with Crippen LogP contribution >= 0.6 is 0 Å². The monoisotopic (exact) mass is 269 g/mol. The van der Waals surface area contributed by atoms with E-state index in [0.717, 1.165) is 35.2 Å². The lowest BCUT2D eigenvalue weighted by Gasteiger charge is -2.06. The van der Waals surface area contributed by atoms with E-state index in [-0.39, 0.29) is 5.82 Å². The average Bonchev–Trinajstić information content (AvgIpc) is 2.44. The van der Waals surface area contributed by atoms with Gasteiger partial charge < -0.3 is 0 Å². The minimum atomic E-state index is -0.169. The third-order valence-corrected chi connectivity index (χ3v) is 3.34. The number of nitrogens with zero attached hydrogens (tertiary/aromatic N) is 1. The highest BCUT2D eigenvalue weighted by Gasteiger charge is 2.04. The maximum Gasteiger partial charge on any atom is 0.126 e. The molecule has 20 heavy (non-hydrogen) atoms. The molecule has 0 unspecified atom stereocenters. The zero-order chi connectivity index (χ0) is 14.5. The van der Waals surface area contributed by atoms with Gasteiger partial charge in [-0.15, -0.1) is 0 Å². The standard InChI is InChI=1S/C18H20FN/c1-4-5-6-7-18-14(3)11-16(12-20-18)15-8-9-17(19)13(2)10-15/h6-12H,4-5H2,1-3H3/b7-6-. The average molecular weight is 269 g/mol. The molecule has 0 radical (unpaired) electrons. The number of pyridine rings is 1. The molecule has 0 N–H and O–H groups in total. The second kappa shape index (κ2) is 6.47. The van der Waals surface area contributed by atoms with Crippen LogP contribution in [0.15, 0.2) is 36.5 Å². The van der Waals surface area contributed by atoms with Crippen LogP contribution in [0.2, 0.25) is 0 Å². The fourth-order valence-corrected chi connectivity index (χ4v) is 2.10. The van der Waals surface area contributed by atoms with Crippen molar-refractivity contribution >= 4 is 6.08 Å². The summed E-state index contributed by atoms with van der Waals surface area (Å²) in [6.45, 7) is 5.99. The van der Waals surface area contributed by atoms with Gasteiger partial charge in [-0.1, -0.05) is 25.5 Å². The Morgan fingerprint density at radius 3 is 2.50 bits per heavy atom. The molecule has 2 heteroatoms. The molecule has 2 rings (SSSR count). The number of aromatic nitrogens is 1. The summed E-state index contributed by atoms with van der Waals surface area (Å²) in [5.41, 5.74) is 4.83. The van der Waals surface area contributed by atoms with Crippen molar-refractivity contribution in [3.63, 3.8) is 0 Å². The van der Waals surface area contributed by atoms with Crippen LogP contribution in [0.3, 0.4) is 0 Å². The zero-order valence-corrected chi connectivity index (χ0v) is 12.3. The van der Waals surface area contributed by atoms with Gasteiger partial charge in [-0.2, -0.15) is 0 Å². The summed E-state index contributed by atoms with van der Waals surface area (Å²) in [5, 5.41) is 0. The van der Waals surface area contributed by atoms with E-state index in [1.54, 1.807) is 13.0 Å². The predicted octanol–water partition coefficient (Wildman–Crippen LogP) is 5.32. The number of aryl methyl sites for hydroxylation is 2. The lowest BCUT2D eigenvalue weighted by molar-refractivity contribution is 0.619. The first-order valence-corrected chi connectivity index (χ1v) is 7.01. The van der Waals surface area contributed by atoms with Crippen LogP contribution in [0.5, 0.6) is 0 Å². The molecule has 0 saturated carbocycles. The largest absolute Gasteiger partial charge is 0.256 e. The van der Waals surface area contributed by atoms with Crippen molar-refractivity contribution in [3.8, 4) is 11.1 Å². The number of unbranched alkanes of at least 4 members (excludes halogenated alkanes) is 1. The topological polar surface area (TPSA) is 12.9 Å². The summed E-state index contributed by atoms with van der Waals surface area (Å²) in [6.07, 6.45) is 8.28. The van der Waals surface area contributed by atoms with Gasteiger partial charge in [0, 0.05) is 11.8 Å². The Morgan fingerprint density at radius 2 is 1.85 bits per heavy atom. The van der Waals surface area contributed by atoms with Crippen LogP contribution in [-0.4, -0.2) is 4.98 Å². The summed E-state index contributed by atoms with van der Waals surface area (Å²) in [7, 11) is 0. The molecule has 2 aromatic rings. The van der Waals surface area contributed by atoms with E-state index in [1.165, 1.54) is 6.07 Å². The maximum atomic E-state index is 13.3. The molecular weight excluding hydrogens is 249 g/mol. The van der Waals surface area contributed by atoms with Crippen molar-refractivity contribution in [1.82, 2.24) is 4.98 Å². The lowest BCUT2D eigenvalue weighted by atomic mass is 10.0. The van der Waals surface area contributed by atoms with Gasteiger partial charge in [0.2, 0.25) is 0 Å². The Kier molecular flexibility index (Phi) is 4.67. The van der Waals surface area contributed by atoms with Gasteiger partial charge in [-0.3, -0.25) is 4.98 Å². The number of halogens is 1. The van der Waals surface area contributed by atoms with Crippen LogP contribution in [0, 0.1) is 19.7 Å². The minimum absolute atomic E-state index is 0.169. The van der Waals surface area contributed by atoms with Crippen molar-refractivity contribution < 1.29 is 4.39 Å². The summed E-state index contributed by atoms with van der Waals surface area (Å²) >= 11 is 0. The smallest absolute Gasteiger partial charge is 0.126 e. The Bertz CT molecular complexity index is 629. The van der Waals surface area contributed by atoms with Gasteiger partial charge in [0.1, 0.15) is 5.82 Å². The summed E-state index contributed by atoms with van der Waals surface area (Å²) in [6, 6.07) is 7.27. The first-order valence-electron chi connectivity index (χ1n) is 7.01. The Labute approximate surface area is 120 Å². The van der Waals surface area contributed by atoms with Crippen LogP contribution in [0.4, 0.5) is 4.39 Å². The second-order valence-electron chi connectivity index (χ2n) is 5.08. The van der Waals surface area contributed by atoms with Gasteiger partial charge in [-0.05, 0) is 61.2 Å². The second-order valence-corrected chi connectivity index (χ2v) is 5.08. The molecular formula is C18H20FN. The van der Waals surface area contributed by atoms with Gasteiger partial charge in [0.05, 0.1) is 5.69 Å². The van der Waals surface area contributed by atoms with E-state index < -0.39 is 0 Å². The molecule has 1 aromatic heterocycles. The van der Waals surface area contributed by atoms with Gasteiger partial charge in [0.15, 0.2) is 0 Å². The van der Waals surface area contributed by atoms with Crippen LogP contribution < -0.4 is 0 Å². The SMILES string of the molecule is CCC/C=C\c1ncc(-c2ccc(F)c(C)c2)cc1C. The third kappa shape index (κ3) is 3.32. The normalized spacial score (nSPS) is 11.2. The molecule has 0 atom stereocenters. The first-order chi connectivity index (χ1) is 9.61. The summed E-state index contributed by atoms with van der Waals surface area (Å²) < 4.78 is 13.3. The molecule has 0 amide bonds. The lowest BCUT2D eigenvalue weighted by Crippen LogP contribution is -1.90.